The van der Waals surface area contributed by atoms with Gasteiger partial charge in [0.25, 0.3) is 0 Å². The Hall–Kier alpha value is -2.06. The Morgan fingerprint density at radius 1 is 1.38 bits per heavy atom. The number of para-hydroxylation sites is 1. The van der Waals surface area contributed by atoms with Crippen molar-refractivity contribution >= 4 is 23.5 Å². The van der Waals surface area contributed by atoms with Crippen molar-refractivity contribution in [2.24, 2.45) is 0 Å². The molecule has 1 unspecified atom stereocenters. The van der Waals surface area contributed by atoms with Crippen LogP contribution in [0.15, 0.2) is 35.4 Å². The molecule has 2 amide bonds. The first-order valence-electron chi connectivity index (χ1n) is 8.84. The predicted molar refractivity (Wildman–Crippen MR) is 102 cm³/mol. The molecule has 140 valence electrons. The van der Waals surface area contributed by atoms with Crippen molar-refractivity contribution in [3.05, 3.63) is 36.2 Å². The van der Waals surface area contributed by atoms with Crippen molar-refractivity contribution in [3.63, 3.8) is 0 Å². The zero-order valence-electron chi connectivity index (χ0n) is 15.1. The smallest absolute Gasteiger partial charge is 0.321 e. The molecule has 0 saturated carbocycles. The van der Waals surface area contributed by atoms with E-state index in [9.17, 15) is 9.90 Å². The molecular weight excluding hydrogens is 350 g/mol. The van der Waals surface area contributed by atoms with E-state index >= 15 is 0 Å². The molecule has 1 fully saturated rings. The van der Waals surface area contributed by atoms with E-state index in [0.717, 1.165) is 29.1 Å². The molecule has 7 nitrogen and oxygen atoms in total. The summed E-state index contributed by atoms with van der Waals surface area (Å²) in [7, 11) is 0. The Balaban J connectivity index is 1.54. The lowest BCUT2D eigenvalue weighted by molar-refractivity contribution is 0.179. The number of aliphatic hydroxyl groups is 1. The quantitative estimate of drug-likeness (QED) is 0.785. The SMILES string of the molecule is CSc1ccccc1NC(=O)N1CCC(n2cc(CC(C)O)nn2)CC1. The van der Waals surface area contributed by atoms with Gasteiger partial charge >= 0.3 is 6.03 Å². The number of urea groups is 1. The third kappa shape index (κ3) is 4.56. The van der Waals surface area contributed by atoms with Gasteiger partial charge in [-0.1, -0.05) is 17.3 Å². The van der Waals surface area contributed by atoms with Gasteiger partial charge in [0.15, 0.2) is 0 Å². The van der Waals surface area contributed by atoms with E-state index in [1.165, 1.54) is 0 Å². The Kier molecular flexibility index (Phi) is 6.16. The Morgan fingerprint density at radius 2 is 2.12 bits per heavy atom. The molecule has 26 heavy (non-hydrogen) atoms. The van der Waals surface area contributed by atoms with Gasteiger partial charge in [0.1, 0.15) is 0 Å². The number of thioether (sulfide) groups is 1. The van der Waals surface area contributed by atoms with Crippen LogP contribution in [0.2, 0.25) is 0 Å². The highest BCUT2D eigenvalue weighted by molar-refractivity contribution is 7.98. The van der Waals surface area contributed by atoms with Crippen LogP contribution in [0.3, 0.4) is 0 Å². The van der Waals surface area contributed by atoms with Gasteiger partial charge in [-0.15, -0.1) is 16.9 Å². The van der Waals surface area contributed by atoms with Crippen LogP contribution in [0.1, 0.15) is 31.5 Å². The molecule has 1 saturated heterocycles. The average molecular weight is 375 g/mol. The summed E-state index contributed by atoms with van der Waals surface area (Å²) < 4.78 is 1.87. The molecular formula is C18H25N5O2S. The zero-order chi connectivity index (χ0) is 18.5. The summed E-state index contributed by atoms with van der Waals surface area (Å²) in [5, 5.41) is 20.8. The number of aromatic nitrogens is 3. The molecule has 0 radical (unpaired) electrons. The number of nitrogens with one attached hydrogen (secondary N) is 1. The Labute approximate surface area is 157 Å². The molecule has 1 aromatic heterocycles. The number of amides is 2. The predicted octanol–water partition coefficient (Wildman–Crippen LogP) is 2.79. The second kappa shape index (κ2) is 8.55. The number of nitrogens with zero attached hydrogens (tertiary/aromatic N) is 4. The lowest BCUT2D eigenvalue weighted by Crippen LogP contribution is -2.41. The van der Waals surface area contributed by atoms with Gasteiger partial charge in [0.05, 0.1) is 23.5 Å². The molecule has 1 aliphatic heterocycles. The third-order valence-electron chi connectivity index (χ3n) is 4.54. The molecule has 8 heteroatoms. The van der Waals surface area contributed by atoms with Crippen molar-refractivity contribution in [2.45, 2.75) is 43.2 Å². The maximum atomic E-state index is 12.5. The summed E-state index contributed by atoms with van der Waals surface area (Å²) >= 11 is 1.62. The monoisotopic (exact) mass is 375 g/mol. The first-order chi connectivity index (χ1) is 12.6. The van der Waals surface area contributed by atoms with Gasteiger partial charge in [-0.05, 0) is 38.2 Å². The number of hydrogen-bond donors (Lipinski definition) is 2. The van der Waals surface area contributed by atoms with Crippen LogP contribution < -0.4 is 5.32 Å². The number of anilines is 1. The molecule has 0 spiro atoms. The van der Waals surface area contributed by atoms with E-state index in [-0.39, 0.29) is 12.1 Å². The second-order valence-corrected chi connectivity index (χ2v) is 7.44. The lowest BCUT2D eigenvalue weighted by atomic mass is 10.1. The summed E-state index contributed by atoms with van der Waals surface area (Å²) in [6.45, 7) is 3.11. The van der Waals surface area contributed by atoms with Crippen LogP contribution in [-0.4, -0.2) is 56.5 Å². The number of likely N-dealkylation sites (tertiary alicyclic amines) is 1. The molecule has 3 rings (SSSR count). The number of benzene rings is 1. The minimum Gasteiger partial charge on any atom is -0.393 e. The van der Waals surface area contributed by atoms with Gasteiger partial charge in [-0.25, -0.2) is 9.48 Å². The normalized spacial score (nSPS) is 16.5. The highest BCUT2D eigenvalue weighted by Gasteiger charge is 2.25. The highest BCUT2D eigenvalue weighted by atomic mass is 32.2. The van der Waals surface area contributed by atoms with Crippen LogP contribution in [0.4, 0.5) is 10.5 Å². The summed E-state index contributed by atoms with van der Waals surface area (Å²) in [6.07, 6.45) is 5.68. The molecule has 2 heterocycles. The molecule has 1 aromatic carbocycles. The third-order valence-corrected chi connectivity index (χ3v) is 5.33. The summed E-state index contributed by atoms with van der Waals surface area (Å²) in [6, 6.07) is 8.01. The Bertz CT molecular complexity index is 741. The summed E-state index contributed by atoms with van der Waals surface area (Å²) in [5.74, 6) is 0. The van der Waals surface area contributed by atoms with E-state index in [0.29, 0.717) is 19.5 Å². The molecule has 0 aliphatic carbocycles. The summed E-state index contributed by atoms with van der Waals surface area (Å²) in [5.41, 5.74) is 1.65. The number of aliphatic hydroxyl groups excluding tert-OH is 1. The minimum atomic E-state index is -0.421. The highest BCUT2D eigenvalue weighted by Crippen LogP contribution is 2.26. The van der Waals surface area contributed by atoms with Gasteiger partial charge in [-0.3, -0.25) is 0 Å². The van der Waals surface area contributed by atoms with Crippen molar-refractivity contribution in [1.29, 1.82) is 0 Å². The van der Waals surface area contributed by atoms with Crippen molar-refractivity contribution < 1.29 is 9.90 Å². The number of carbonyl (C=O) groups is 1. The molecule has 0 bridgehead atoms. The number of piperidine rings is 1. The topological polar surface area (TPSA) is 83.3 Å². The second-order valence-electron chi connectivity index (χ2n) is 6.59. The number of hydrogen-bond acceptors (Lipinski definition) is 5. The van der Waals surface area contributed by atoms with Crippen LogP contribution in [0, 0.1) is 0 Å². The van der Waals surface area contributed by atoms with E-state index in [2.05, 4.69) is 15.6 Å². The van der Waals surface area contributed by atoms with Gasteiger partial charge < -0.3 is 15.3 Å². The van der Waals surface area contributed by atoms with E-state index in [1.807, 2.05) is 46.3 Å². The van der Waals surface area contributed by atoms with Gasteiger partial charge in [0.2, 0.25) is 0 Å². The molecule has 1 aliphatic rings. The maximum absolute atomic E-state index is 12.5. The zero-order valence-corrected chi connectivity index (χ0v) is 15.9. The fraction of sp³-hybridized carbons (Fsp3) is 0.500. The average Bonchev–Trinajstić information content (AvgIpc) is 3.10. The first-order valence-corrected chi connectivity index (χ1v) is 10.1. The standard InChI is InChI=1S/C18H25N5O2S/c1-13(24)11-14-12-23(21-20-14)15-7-9-22(10-8-15)18(25)19-16-5-3-4-6-17(16)26-2/h3-6,12-13,15,24H,7-11H2,1-2H3,(H,19,25). The number of rotatable bonds is 5. The number of carbonyl (C=O) groups excluding carboxylic acids is 1. The van der Waals surface area contributed by atoms with Crippen molar-refractivity contribution in [3.8, 4) is 0 Å². The van der Waals surface area contributed by atoms with Crippen LogP contribution in [-0.2, 0) is 6.42 Å². The lowest BCUT2D eigenvalue weighted by Gasteiger charge is -2.32. The molecule has 2 aromatic rings. The van der Waals surface area contributed by atoms with E-state index < -0.39 is 6.10 Å². The fourth-order valence-electron chi connectivity index (χ4n) is 3.16. The maximum Gasteiger partial charge on any atom is 0.321 e. The minimum absolute atomic E-state index is 0.0571. The van der Waals surface area contributed by atoms with Crippen LogP contribution in [0.25, 0.3) is 0 Å². The van der Waals surface area contributed by atoms with Crippen molar-refractivity contribution in [2.75, 3.05) is 24.7 Å². The fourth-order valence-corrected chi connectivity index (χ4v) is 3.72. The summed E-state index contributed by atoms with van der Waals surface area (Å²) in [4.78, 5) is 15.5. The first kappa shape index (κ1) is 18.7. The molecule has 1 atom stereocenters. The largest absolute Gasteiger partial charge is 0.393 e. The van der Waals surface area contributed by atoms with E-state index in [1.54, 1.807) is 18.7 Å². The van der Waals surface area contributed by atoms with E-state index in [4.69, 9.17) is 0 Å². The van der Waals surface area contributed by atoms with Crippen LogP contribution in [0.5, 0.6) is 0 Å². The Morgan fingerprint density at radius 3 is 2.81 bits per heavy atom. The van der Waals surface area contributed by atoms with Crippen LogP contribution >= 0.6 is 11.8 Å². The van der Waals surface area contributed by atoms with Gasteiger partial charge in [0, 0.05) is 30.6 Å². The van der Waals surface area contributed by atoms with Gasteiger partial charge in [-0.2, -0.15) is 0 Å². The van der Waals surface area contributed by atoms with Crippen molar-refractivity contribution in [1.82, 2.24) is 19.9 Å². The molecule has 2 N–H and O–H groups in total.